The highest BCUT2D eigenvalue weighted by Gasteiger charge is 2.02. The Kier molecular flexibility index (Phi) is 3.72. The monoisotopic (exact) mass is 245 g/mol. The van der Waals surface area contributed by atoms with E-state index in [1.54, 1.807) is 6.33 Å². The smallest absolute Gasteiger partial charge is 0.303 e. The molecule has 2 aromatic rings. The fourth-order valence-corrected chi connectivity index (χ4v) is 1.81. The fourth-order valence-electron chi connectivity index (χ4n) is 1.81. The molecule has 0 radical (unpaired) electrons. The normalized spacial score (nSPS) is 10.5. The van der Waals surface area contributed by atoms with Crippen molar-refractivity contribution in [3.8, 4) is 5.69 Å². The van der Waals surface area contributed by atoms with E-state index in [4.69, 9.17) is 5.11 Å². The van der Waals surface area contributed by atoms with E-state index in [1.165, 1.54) is 0 Å². The van der Waals surface area contributed by atoms with Crippen molar-refractivity contribution in [2.45, 2.75) is 26.2 Å². The summed E-state index contributed by atoms with van der Waals surface area (Å²) in [5.74, 6) is 0.0976. The van der Waals surface area contributed by atoms with Crippen LogP contribution >= 0.6 is 0 Å². The molecule has 2 rings (SSSR count). The molecular formula is C13H15N3O2. The SMILES string of the molecule is Cc1nncn1-c1ccc(CCCC(=O)O)cc1. The number of benzene rings is 1. The van der Waals surface area contributed by atoms with Crippen molar-refractivity contribution in [1.29, 1.82) is 0 Å². The van der Waals surface area contributed by atoms with Crippen LogP contribution in [-0.4, -0.2) is 25.8 Å². The van der Waals surface area contributed by atoms with Crippen molar-refractivity contribution in [3.05, 3.63) is 42.0 Å². The summed E-state index contributed by atoms with van der Waals surface area (Å²) >= 11 is 0. The third-order valence-electron chi connectivity index (χ3n) is 2.79. The maximum absolute atomic E-state index is 10.4. The van der Waals surface area contributed by atoms with E-state index in [1.807, 2.05) is 35.8 Å². The molecule has 0 fully saturated rings. The number of aryl methyl sites for hydroxylation is 2. The Morgan fingerprint density at radius 2 is 2.06 bits per heavy atom. The summed E-state index contributed by atoms with van der Waals surface area (Å²) < 4.78 is 1.90. The van der Waals surface area contributed by atoms with Crippen LogP contribution in [0.2, 0.25) is 0 Å². The van der Waals surface area contributed by atoms with Gasteiger partial charge in [-0.3, -0.25) is 9.36 Å². The average Bonchev–Trinajstić information content (AvgIpc) is 2.76. The summed E-state index contributed by atoms with van der Waals surface area (Å²) in [7, 11) is 0. The summed E-state index contributed by atoms with van der Waals surface area (Å²) in [5.41, 5.74) is 2.16. The van der Waals surface area contributed by atoms with Gasteiger partial charge in [-0.25, -0.2) is 0 Å². The molecule has 0 aliphatic rings. The van der Waals surface area contributed by atoms with Crippen LogP contribution in [0.5, 0.6) is 0 Å². The van der Waals surface area contributed by atoms with E-state index < -0.39 is 5.97 Å². The Morgan fingerprint density at radius 3 is 2.61 bits per heavy atom. The Balaban J connectivity index is 2.02. The molecule has 0 unspecified atom stereocenters. The Hall–Kier alpha value is -2.17. The molecule has 0 saturated carbocycles. The van der Waals surface area contributed by atoms with Crippen LogP contribution in [0.15, 0.2) is 30.6 Å². The highest BCUT2D eigenvalue weighted by atomic mass is 16.4. The van der Waals surface area contributed by atoms with Gasteiger partial charge in [-0.2, -0.15) is 0 Å². The minimum absolute atomic E-state index is 0.215. The van der Waals surface area contributed by atoms with Gasteiger partial charge in [-0.05, 0) is 37.5 Å². The summed E-state index contributed by atoms with van der Waals surface area (Å²) in [5, 5.41) is 16.3. The average molecular weight is 245 g/mol. The third kappa shape index (κ3) is 2.94. The number of aliphatic carboxylic acids is 1. The Bertz CT molecular complexity index is 531. The second-order valence-electron chi connectivity index (χ2n) is 4.16. The fraction of sp³-hybridized carbons (Fsp3) is 0.308. The molecule has 0 spiro atoms. The standard InChI is InChI=1S/C13H15N3O2/c1-10-15-14-9-16(10)12-7-5-11(6-8-12)3-2-4-13(17)18/h5-9H,2-4H2,1H3,(H,17,18). The van der Waals surface area contributed by atoms with Gasteiger partial charge in [0.25, 0.3) is 0 Å². The summed E-state index contributed by atoms with van der Waals surface area (Å²) in [6.07, 6.45) is 3.34. The van der Waals surface area contributed by atoms with Crippen LogP contribution in [0, 0.1) is 6.92 Å². The Labute approximate surface area is 105 Å². The van der Waals surface area contributed by atoms with Gasteiger partial charge in [0.2, 0.25) is 0 Å². The molecular weight excluding hydrogens is 230 g/mol. The number of hydrogen-bond acceptors (Lipinski definition) is 3. The van der Waals surface area contributed by atoms with Crippen molar-refractivity contribution in [1.82, 2.24) is 14.8 Å². The van der Waals surface area contributed by atoms with Crippen LogP contribution in [0.4, 0.5) is 0 Å². The topological polar surface area (TPSA) is 68.0 Å². The summed E-state index contributed by atoms with van der Waals surface area (Å²) in [6.45, 7) is 1.90. The van der Waals surface area contributed by atoms with Crippen molar-refractivity contribution >= 4 is 5.97 Å². The van der Waals surface area contributed by atoms with E-state index in [9.17, 15) is 4.79 Å². The van der Waals surface area contributed by atoms with Gasteiger partial charge in [0.1, 0.15) is 12.2 Å². The van der Waals surface area contributed by atoms with Gasteiger partial charge in [0.15, 0.2) is 0 Å². The summed E-state index contributed by atoms with van der Waals surface area (Å²) in [4.78, 5) is 10.4. The van der Waals surface area contributed by atoms with Crippen LogP contribution < -0.4 is 0 Å². The highest BCUT2D eigenvalue weighted by molar-refractivity contribution is 5.66. The predicted molar refractivity (Wildman–Crippen MR) is 66.7 cm³/mol. The molecule has 0 amide bonds. The Morgan fingerprint density at radius 1 is 1.33 bits per heavy atom. The van der Waals surface area contributed by atoms with Gasteiger partial charge < -0.3 is 5.11 Å². The van der Waals surface area contributed by atoms with Gasteiger partial charge in [-0.1, -0.05) is 12.1 Å². The number of aromatic nitrogens is 3. The molecule has 0 saturated heterocycles. The number of hydrogen-bond donors (Lipinski definition) is 1. The van der Waals surface area contributed by atoms with Gasteiger partial charge in [0, 0.05) is 12.1 Å². The van der Waals surface area contributed by atoms with Crippen LogP contribution in [0.1, 0.15) is 24.2 Å². The number of rotatable bonds is 5. The van der Waals surface area contributed by atoms with Crippen LogP contribution in [0.3, 0.4) is 0 Å². The molecule has 5 nitrogen and oxygen atoms in total. The molecule has 1 aromatic heterocycles. The van der Waals surface area contributed by atoms with E-state index in [-0.39, 0.29) is 6.42 Å². The summed E-state index contributed by atoms with van der Waals surface area (Å²) in [6, 6.07) is 8.01. The lowest BCUT2D eigenvalue weighted by Gasteiger charge is -2.05. The molecule has 0 bridgehead atoms. The van der Waals surface area contributed by atoms with E-state index >= 15 is 0 Å². The van der Waals surface area contributed by atoms with E-state index in [0.717, 1.165) is 23.5 Å². The zero-order valence-corrected chi connectivity index (χ0v) is 10.2. The minimum atomic E-state index is -0.744. The lowest BCUT2D eigenvalue weighted by Crippen LogP contribution is -1.97. The highest BCUT2D eigenvalue weighted by Crippen LogP contribution is 2.12. The lowest BCUT2D eigenvalue weighted by atomic mass is 10.1. The van der Waals surface area contributed by atoms with Crippen molar-refractivity contribution in [2.24, 2.45) is 0 Å². The third-order valence-corrected chi connectivity index (χ3v) is 2.79. The first kappa shape index (κ1) is 12.3. The first-order chi connectivity index (χ1) is 8.66. The second-order valence-corrected chi connectivity index (χ2v) is 4.16. The number of carbonyl (C=O) groups is 1. The molecule has 0 aliphatic heterocycles. The van der Waals surface area contributed by atoms with Crippen molar-refractivity contribution < 1.29 is 9.90 Å². The number of carboxylic acid groups (broad SMARTS) is 1. The molecule has 0 atom stereocenters. The van der Waals surface area contributed by atoms with E-state index in [0.29, 0.717) is 6.42 Å². The van der Waals surface area contributed by atoms with Gasteiger partial charge >= 0.3 is 5.97 Å². The quantitative estimate of drug-likeness (QED) is 0.874. The molecule has 94 valence electrons. The first-order valence-corrected chi connectivity index (χ1v) is 5.84. The minimum Gasteiger partial charge on any atom is -0.481 e. The molecule has 1 N–H and O–H groups in total. The molecule has 5 heteroatoms. The molecule has 1 aromatic carbocycles. The van der Waals surface area contributed by atoms with Gasteiger partial charge in [0.05, 0.1) is 0 Å². The first-order valence-electron chi connectivity index (χ1n) is 5.84. The zero-order chi connectivity index (χ0) is 13.0. The largest absolute Gasteiger partial charge is 0.481 e. The predicted octanol–water partition coefficient (Wildman–Crippen LogP) is 1.98. The molecule has 18 heavy (non-hydrogen) atoms. The van der Waals surface area contributed by atoms with Crippen LogP contribution in [0.25, 0.3) is 5.69 Å². The van der Waals surface area contributed by atoms with Crippen LogP contribution in [-0.2, 0) is 11.2 Å². The lowest BCUT2D eigenvalue weighted by molar-refractivity contribution is -0.137. The van der Waals surface area contributed by atoms with Crippen molar-refractivity contribution in [2.75, 3.05) is 0 Å². The van der Waals surface area contributed by atoms with Crippen molar-refractivity contribution in [3.63, 3.8) is 0 Å². The maximum atomic E-state index is 10.4. The number of nitrogens with zero attached hydrogens (tertiary/aromatic N) is 3. The van der Waals surface area contributed by atoms with E-state index in [2.05, 4.69) is 10.2 Å². The van der Waals surface area contributed by atoms with Gasteiger partial charge in [-0.15, -0.1) is 10.2 Å². The number of carboxylic acids is 1. The maximum Gasteiger partial charge on any atom is 0.303 e. The zero-order valence-electron chi connectivity index (χ0n) is 10.2. The molecule has 0 aliphatic carbocycles. The second kappa shape index (κ2) is 5.44. The molecule has 1 heterocycles.